The van der Waals surface area contributed by atoms with Crippen LogP contribution >= 0.6 is 0 Å². The number of benzene rings is 1. The molecule has 0 saturated heterocycles. The summed E-state index contributed by atoms with van der Waals surface area (Å²) in [5, 5.41) is 10.6. The fourth-order valence-corrected chi connectivity index (χ4v) is 1.58. The smallest absolute Gasteiger partial charge is 0.269 e. The standard InChI is InChI=1S/C12H17N3O3/c1-3-11(13)12(16)14(2)8-9-5-4-6-10(7-9)15(17)18/h4-7,11H,3,8,13H2,1-2H3. The van der Waals surface area contributed by atoms with E-state index in [1.54, 1.807) is 19.2 Å². The molecule has 0 aliphatic carbocycles. The van der Waals surface area contributed by atoms with E-state index in [0.717, 1.165) is 0 Å². The largest absolute Gasteiger partial charge is 0.340 e. The molecule has 0 aliphatic rings. The number of hydrogen-bond donors (Lipinski definition) is 1. The number of amides is 1. The highest BCUT2D eigenvalue weighted by molar-refractivity contribution is 5.81. The van der Waals surface area contributed by atoms with Crippen LogP contribution < -0.4 is 5.73 Å². The van der Waals surface area contributed by atoms with Crippen molar-refractivity contribution in [3.05, 3.63) is 39.9 Å². The quantitative estimate of drug-likeness (QED) is 0.630. The van der Waals surface area contributed by atoms with Gasteiger partial charge in [0.1, 0.15) is 0 Å². The van der Waals surface area contributed by atoms with E-state index in [2.05, 4.69) is 0 Å². The van der Waals surface area contributed by atoms with Gasteiger partial charge in [0.15, 0.2) is 0 Å². The van der Waals surface area contributed by atoms with E-state index in [1.807, 2.05) is 6.92 Å². The summed E-state index contributed by atoms with van der Waals surface area (Å²) in [6.07, 6.45) is 0.568. The molecule has 1 aromatic carbocycles. The van der Waals surface area contributed by atoms with Crippen LogP contribution in [-0.4, -0.2) is 28.8 Å². The number of nitro groups is 1. The number of carbonyl (C=O) groups excluding carboxylic acids is 1. The highest BCUT2D eigenvalue weighted by Crippen LogP contribution is 2.14. The van der Waals surface area contributed by atoms with Crippen molar-refractivity contribution in [3.8, 4) is 0 Å². The fourth-order valence-electron chi connectivity index (χ4n) is 1.58. The van der Waals surface area contributed by atoms with E-state index in [0.29, 0.717) is 18.5 Å². The summed E-state index contributed by atoms with van der Waals surface area (Å²) >= 11 is 0. The number of carbonyl (C=O) groups is 1. The summed E-state index contributed by atoms with van der Waals surface area (Å²) in [5.41, 5.74) is 6.38. The maximum absolute atomic E-state index is 11.8. The van der Waals surface area contributed by atoms with Crippen LogP contribution in [0.25, 0.3) is 0 Å². The summed E-state index contributed by atoms with van der Waals surface area (Å²) in [4.78, 5) is 23.4. The van der Waals surface area contributed by atoms with Crippen molar-refractivity contribution in [3.63, 3.8) is 0 Å². The minimum absolute atomic E-state index is 0.0214. The first-order chi connectivity index (χ1) is 8.45. The minimum Gasteiger partial charge on any atom is -0.340 e. The molecule has 1 unspecified atom stereocenters. The summed E-state index contributed by atoms with van der Waals surface area (Å²) in [6.45, 7) is 2.15. The second-order valence-electron chi connectivity index (χ2n) is 4.14. The highest BCUT2D eigenvalue weighted by atomic mass is 16.6. The second-order valence-corrected chi connectivity index (χ2v) is 4.14. The average molecular weight is 251 g/mol. The first-order valence-electron chi connectivity index (χ1n) is 5.69. The maximum Gasteiger partial charge on any atom is 0.269 e. The van der Waals surface area contributed by atoms with E-state index < -0.39 is 11.0 Å². The van der Waals surface area contributed by atoms with Crippen LogP contribution in [0.15, 0.2) is 24.3 Å². The lowest BCUT2D eigenvalue weighted by Crippen LogP contribution is -2.40. The van der Waals surface area contributed by atoms with E-state index >= 15 is 0 Å². The number of likely N-dealkylation sites (N-methyl/N-ethyl adjacent to an activating group) is 1. The Morgan fingerprint density at radius 2 is 2.22 bits per heavy atom. The normalized spacial score (nSPS) is 11.9. The van der Waals surface area contributed by atoms with Crippen LogP contribution in [0.3, 0.4) is 0 Å². The van der Waals surface area contributed by atoms with E-state index in [9.17, 15) is 14.9 Å². The van der Waals surface area contributed by atoms with Gasteiger partial charge in [0, 0.05) is 25.7 Å². The molecule has 1 aromatic rings. The Hall–Kier alpha value is -1.95. The predicted octanol–water partition coefficient (Wildman–Crippen LogP) is 1.29. The van der Waals surface area contributed by atoms with Crippen molar-refractivity contribution in [2.24, 2.45) is 5.73 Å². The van der Waals surface area contributed by atoms with Crippen molar-refractivity contribution >= 4 is 11.6 Å². The van der Waals surface area contributed by atoms with Gasteiger partial charge >= 0.3 is 0 Å². The fraction of sp³-hybridized carbons (Fsp3) is 0.417. The molecule has 6 heteroatoms. The van der Waals surface area contributed by atoms with Gasteiger partial charge in [0.2, 0.25) is 5.91 Å². The second kappa shape index (κ2) is 6.11. The third kappa shape index (κ3) is 3.53. The van der Waals surface area contributed by atoms with Crippen LogP contribution in [0.4, 0.5) is 5.69 Å². The van der Waals surface area contributed by atoms with Gasteiger partial charge in [-0.25, -0.2) is 0 Å². The predicted molar refractivity (Wildman–Crippen MR) is 67.8 cm³/mol. The zero-order valence-corrected chi connectivity index (χ0v) is 10.5. The molecule has 0 aromatic heterocycles. The molecule has 6 nitrogen and oxygen atoms in total. The minimum atomic E-state index is -0.520. The Balaban J connectivity index is 2.75. The number of non-ortho nitro benzene ring substituents is 1. The maximum atomic E-state index is 11.8. The first-order valence-corrected chi connectivity index (χ1v) is 5.69. The van der Waals surface area contributed by atoms with Gasteiger partial charge < -0.3 is 10.6 Å². The van der Waals surface area contributed by atoms with Gasteiger partial charge in [-0.2, -0.15) is 0 Å². The van der Waals surface area contributed by atoms with Gasteiger partial charge in [0.05, 0.1) is 11.0 Å². The zero-order valence-electron chi connectivity index (χ0n) is 10.5. The van der Waals surface area contributed by atoms with Crippen LogP contribution in [-0.2, 0) is 11.3 Å². The van der Waals surface area contributed by atoms with Crippen molar-refractivity contribution in [1.29, 1.82) is 0 Å². The third-order valence-corrected chi connectivity index (χ3v) is 2.67. The van der Waals surface area contributed by atoms with E-state index in [1.165, 1.54) is 17.0 Å². The molecule has 0 bridgehead atoms. The van der Waals surface area contributed by atoms with Crippen molar-refractivity contribution in [2.45, 2.75) is 25.9 Å². The zero-order chi connectivity index (χ0) is 13.7. The molecule has 0 radical (unpaired) electrons. The molecule has 1 atom stereocenters. The van der Waals surface area contributed by atoms with Crippen molar-refractivity contribution < 1.29 is 9.72 Å². The Morgan fingerprint density at radius 1 is 1.56 bits per heavy atom. The van der Waals surface area contributed by atoms with Crippen LogP contribution in [0, 0.1) is 10.1 Å². The summed E-state index contributed by atoms with van der Waals surface area (Å²) < 4.78 is 0. The van der Waals surface area contributed by atoms with Crippen molar-refractivity contribution in [2.75, 3.05) is 7.05 Å². The number of nitrogens with zero attached hydrogens (tertiary/aromatic N) is 2. The van der Waals surface area contributed by atoms with Crippen LogP contribution in [0.2, 0.25) is 0 Å². The number of nitrogens with two attached hydrogens (primary N) is 1. The Morgan fingerprint density at radius 3 is 2.78 bits per heavy atom. The van der Waals surface area contributed by atoms with Gasteiger partial charge in [0.25, 0.3) is 5.69 Å². The SMILES string of the molecule is CCC(N)C(=O)N(C)Cc1cccc([N+](=O)[O-])c1. The van der Waals surface area contributed by atoms with E-state index in [-0.39, 0.29) is 11.6 Å². The molecule has 1 amide bonds. The molecule has 0 saturated carbocycles. The Labute approximate surface area is 106 Å². The molecule has 0 spiro atoms. The lowest BCUT2D eigenvalue weighted by Gasteiger charge is -2.20. The summed E-state index contributed by atoms with van der Waals surface area (Å²) in [7, 11) is 1.64. The van der Waals surface area contributed by atoms with Crippen LogP contribution in [0.1, 0.15) is 18.9 Å². The van der Waals surface area contributed by atoms with E-state index in [4.69, 9.17) is 5.73 Å². The Bertz CT molecular complexity index is 448. The third-order valence-electron chi connectivity index (χ3n) is 2.67. The van der Waals surface area contributed by atoms with Crippen LogP contribution in [0.5, 0.6) is 0 Å². The molecule has 2 N–H and O–H groups in total. The highest BCUT2D eigenvalue weighted by Gasteiger charge is 2.16. The lowest BCUT2D eigenvalue weighted by molar-refractivity contribution is -0.384. The molecule has 0 heterocycles. The molecule has 18 heavy (non-hydrogen) atoms. The van der Waals surface area contributed by atoms with Crippen molar-refractivity contribution in [1.82, 2.24) is 4.90 Å². The topological polar surface area (TPSA) is 89.5 Å². The van der Waals surface area contributed by atoms with Gasteiger partial charge in [-0.1, -0.05) is 19.1 Å². The average Bonchev–Trinajstić information content (AvgIpc) is 2.37. The number of nitro benzene ring substituents is 1. The van der Waals surface area contributed by atoms with Gasteiger partial charge in [-0.3, -0.25) is 14.9 Å². The monoisotopic (exact) mass is 251 g/mol. The lowest BCUT2D eigenvalue weighted by atomic mass is 10.1. The first kappa shape index (κ1) is 14.1. The molecular formula is C12H17N3O3. The molecule has 98 valence electrons. The number of hydrogen-bond acceptors (Lipinski definition) is 4. The summed E-state index contributed by atoms with van der Waals surface area (Å²) in [5.74, 6) is -0.163. The molecule has 0 aliphatic heterocycles. The Kier molecular flexibility index (Phi) is 4.79. The number of rotatable bonds is 5. The van der Waals surface area contributed by atoms with Gasteiger partial charge in [-0.05, 0) is 12.0 Å². The summed E-state index contributed by atoms with van der Waals surface area (Å²) in [6, 6.07) is 5.71. The molecule has 0 fully saturated rings. The molecular weight excluding hydrogens is 234 g/mol. The van der Waals surface area contributed by atoms with Gasteiger partial charge in [-0.15, -0.1) is 0 Å². The molecule has 1 rings (SSSR count).